The zero-order chi connectivity index (χ0) is 7.68. The first-order valence-corrected chi connectivity index (χ1v) is 5.55. The molecule has 0 aliphatic carbocycles. The second-order valence-electron chi connectivity index (χ2n) is 3.47. The highest BCUT2D eigenvalue weighted by atomic mass is 32.2. The van der Waals surface area contributed by atoms with Crippen LogP contribution in [0.15, 0.2) is 0 Å². The number of piperazine rings is 1. The second kappa shape index (κ2) is 3.33. The summed E-state index contributed by atoms with van der Waals surface area (Å²) in [7, 11) is 2.26. The second-order valence-corrected chi connectivity index (χ2v) is 4.62. The average molecular weight is 172 g/mol. The summed E-state index contributed by atoms with van der Waals surface area (Å²) in [6.45, 7) is 2.41. The van der Waals surface area contributed by atoms with E-state index < -0.39 is 0 Å². The fourth-order valence-corrected chi connectivity index (χ4v) is 3.21. The first-order valence-electron chi connectivity index (χ1n) is 4.39. The summed E-state index contributed by atoms with van der Waals surface area (Å²) in [5.74, 6) is 2.67. The summed E-state index contributed by atoms with van der Waals surface area (Å²) in [6.07, 6.45) is 1.37. The number of likely N-dealkylation sites (N-methyl/N-ethyl adjacent to an activating group) is 1. The van der Waals surface area contributed by atoms with Crippen molar-refractivity contribution in [1.29, 1.82) is 0 Å². The number of fused-ring (bicyclic) bond motifs is 1. The summed E-state index contributed by atoms with van der Waals surface area (Å²) in [4.78, 5) is 2.51. The molecule has 0 aromatic rings. The van der Waals surface area contributed by atoms with Gasteiger partial charge in [-0.2, -0.15) is 11.8 Å². The van der Waals surface area contributed by atoms with Crippen molar-refractivity contribution in [3.8, 4) is 0 Å². The Balaban J connectivity index is 1.99. The van der Waals surface area contributed by atoms with E-state index in [-0.39, 0.29) is 0 Å². The van der Waals surface area contributed by atoms with E-state index in [0.717, 1.165) is 12.1 Å². The van der Waals surface area contributed by atoms with Crippen LogP contribution in [0.25, 0.3) is 0 Å². The molecule has 2 saturated heterocycles. The molecule has 0 radical (unpaired) electrons. The highest BCUT2D eigenvalue weighted by molar-refractivity contribution is 7.99. The topological polar surface area (TPSA) is 15.3 Å². The molecule has 64 valence electrons. The Morgan fingerprint density at radius 3 is 3.27 bits per heavy atom. The average Bonchev–Trinajstić information content (AvgIpc) is 2.06. The van der Waals surface area contributed by atoms with Crippen molar-refractivity contribution in [1.82, 2.24) is 10.2 Å². The van der Waals surface area contributed by atoms with Gasteiger partial charge in [0.2, 0.25) is 0 Å². The van der Waals surface area contributed by atoms with Gasteiger partial charge in [0.25, 0.3) is 0 Å². The van der Waals surface area contributed by atoms with Gasteiger partial charge in [0.1, 0.15) is 0 Å². The summed E-state index contributed by atoms with van der Waals surface area (Å²) in [5.41, 5.74) is 0. The Bertz CT molecular complexity index is 138. The third-order valence-electron chi connectivity index (χ3n) is 2.76. The molecule has 0 aromatic carbocycles. The van der Waals surface area contributed by atoms with Crippen LogP contribution in [0.5, 0.6) is 0 Å². The number of thioether (sulfide) groups is 1. The number of nitrogens with zero attached hydrogens (tertiary/aromatic N) is 1. The maximum atomic E-state index is 3.59. The molecule has 0 bridgehead atoms. The lowest BCUT2D eigenvalue weighted by Crippen LogP contribution is -2.59. The Hall–Kier alpha value is 0.270. The third kappa shape index (κ3) is 1.55. The van der Waals surface area contributed by atoms with Crippen molar-refractivity contribution < 1.29 is 0 Å². The lowest BCUT2D eigenvalue weighted by atomic mass is 10.0. The van der Waals surface area contributed by atoms with Gasteiger partial charge in [-0.15, -0.1) is 0 Å². The molecule has 2 rings (SSSR count). The number of nitrogens with one attached hydrogen (secondary N) is 1. The molecule has 0 amide bonds. The molecule has 11 heavy (non-hydrogen) atoms. The Kier molecular flexibility index (Phi) is 2.39. The van der Waals surface area contributed by atoms with E-state index in [4.69, 9.17) is 0 Å². The van der Waals surface area contributed by atoms with Gasteiger partial charge >= 0.3 is 0 Å². The summed E-state index contributed by atoms with van der Waals surface area (Å²) >= 11 is 2.09. The van der Waals surface area contributed by atoms with E-state index >= 15 is 0 Å². The molecule has 0 saturated carbocycles. The SMILES string of the molecule is CN1CCNC2CSCCC21. The van der Waals surface area contributed by atoms with Crippen molar-refractivity contribution in [2.45, 2.75) is 18.5 Å². The van der Waals surface area contributed by atoms with Crippen LogP contribution >= 0.6 is 11.8 Å². The maximum absolute atomic E-state index is 3.59. The lowest BCUT2D eigenvalue weighted by Gasteiger charge is -2.42. The minimum absolute atomic E-state index is 0.771. The van der Waals surface area contributed by atoms with E-state index in [0.29, 0.717) is 0 Å². The van der Waals surface area contributed by atoms with Crippen LogP contribution < -0.4 is 5.32 Å². The zero-order valence-corrected chi connectivity index (χ0v) is 7.86. The predicted octanol–water partition coefficient (Wildman–Crippen LogP) is 0.395. The van der Waals surface area contributed by atoms with Crippen LogP contribution in [0.4, 0.5) is 0 Å². The van der Waals surface area contributed by atoms with Gasteiger partial charge in [-0.25, -0.2) is 0 Å². The highest BCUT2D eigenvalue weighted by Crippen LogP contribution is 2.23. The highest BCUT2D eigenvalue weighted by Gasteiger charge is 2.30. The van der Waals surface area contributed by atoms with Gasteiger partial charge in [-0.3, -0.25) is 0 Å². The van der Waals surface area contributed by atoms with Crippen molar-refractivity contribution in [2.24, 2.45) is 0 Å². The monoisotopic (exact) mass is 172 g/mol. The largest absolute Gasteiger partial charge is 0.310 e. The number of rotatable bonds is 0. The van der Waals surface area contributed by atoms with Crippen LogP contribution in [0.1, 0.15) is 6.42 Å². The van der Waals surface area contributed by atoms with E-state index in [1.807, 2.05) is 0 Å². The minimum Gasteiger partial charge on any atom is -0.310 e. The van der Waals surface area contributed by atoms with Gasteiger partial charge in [-0.05, 0) is 19.2 Å². The lowest BCUT2D eigenvalue weighted by molar-refractivity contribution is 0.154. The molecule has 3 heteroatoms. The van der Waals surface area contributed by atoms with Crippen LogP contribution in [-0.4, -0.2) is 48.6 Å². The van der Waals surface area contributed by atoms with Crippen LogP contribution in [0.3, 0.4) is 0 Å². The molecule has 0 aromatic heterocycles. The molecule has 2 fully saturated rings. The Morgan fingerprint density at radius 1 is 1.55 bits per heavy atom. The normalized spacial score (nSPS) is 40.1. The van der Waals surface area contributed by atoms with Gasteiger partial charge in [-0.1, -0.05) is 0 Å². The van der Waals surface area contributed by atoms with E-state index in [9.17, 15) is 0 Å². The molecular weight excluding hydrogens is 156 g/mol. The maximum Gasteiger partial charge on any atom is 0.0314 e. The fourth-order valence-electron chi connectivity index (χ4n) is 2.04. The van der Waals surface area contributed by atoms with Crippen LogP contribution in [-0.2, 0) is 0 Å². The predicted molar refractivity (Wildman–Crippen MR) is 50.2 cm³/mol. The molecule has 2 nitrogen and oxygen atoms in total. The molecule has 2 unspecified atom stereocenters. The van der Waals surface area contributed by atoms with Crippen LogP contribution in [0, 0.1) is 0 Å². The first kappa shape index (κ1) is 7.90. The Labute approximate surface area is 72.7 Å². The molecule has 2 aliphatic heterocycles. The number of hydrogen-bond donors (Lipinski definition) is 1. The quantitative estimate of drug-likeness (QED) is 0.569. The van der Waals surface area contributed by atoms with Gasteiger partial charge in [0.05, 0.1) is 0 Å². The van der Waals surface area contributed by atoms with E-state index in [1.54, 1.807) is 0 Å². The molecule has 2 aliphatic rings. The van der Waals surface area contributed by atoms with Crippen molar-refractivity contribution in [2.75, 3.05) is 31.6 Å². The van der Waals surface area contributed by atoms with Crippen molar-refractivity contribution in [3.63, 3.8) is 0 Å². The summed E-state index contributed by atoms with van der Waals surface area (Å²) < 4.78 is 0. The van der Waals surface area contributed by atoms with E-state index in [1.165, 1.54) is 31.0 Å². The fraction of sp³-hybridized carbons (Fsp3) is 1.00. The summed E-state index contributed by atoms with van der Waals surface area (Å²) in [6, 6.07) is 1.59. The van der Waals surface area contributed by atoms with E-state index in [2.05, 4.69) is 29.0 Å². The van der Waals surface area contributed by atoms with Crippen molar-refractivity contribution >= 4 is 11.8 Å². The van der Waals surface area contributed by atoms with Crippen molar-refractivity contribution in [3.05, 3.63) is 0 Å². The molecule has 2 heterocycles. The Morgan fingerprint density at radius 2 is 2.45 bits per heavy atom. The molecule has 1 N–H and O–H groups in total. The van der Waals surface area contributed by atoms with Gasteiger partial charge < -0.3 is 10.2 Å². The molecule has 2 atom stereocenters. The van der Waals surface area contributed by atoms with Gasteiger partial charge in [0, 0.05) is 30.9 Å². The summed E-state index contributed by atoms with van der Waals surface area (Å²) in [5, 5.41) is 3.59. The smallest absolute Gasteiger partial charge is 0.0314 e. The third-order valence-corrected chi connectivity index (χ3v) is 3.88. The minimum atomic E-state index is 0.771. The van der Waals surface area contributed by atoms with Crippen LogP contribution in [0.2, 0.25) is 0 Å². The zero-order valence-electron chi connectivity index (χ0n) is 7.05. The standard InChI is InChI=1S/C8H16N2S/c1-10-4-3-9-7-6-11-5-2-8(7)10/h7-9H,2-6H2,1H3. The number of hydrogen-bond acceptors (Lipinski definition) is 3. The first-order chi connectivity index (χ1) is 5.38. The molecule has 0 spiro atoms. The van der Waals surface area contributed by atoms with Gasteiger partial charge in [0.15, 0.2) is 0 Å². The molecular formula is C8H16N2S.